The van der Waals surface area contributed by atoms with E-state index in [1.165, 1.54) is 6.07 Å². The number of nitrogens with one attached hydrogen (secondary N) is 2. The molecule has 1 aromatic carbocycles. The fraction of sp³-hybridized carbons (Fsp3) is 0.588. The first-order valence-corrected chi connectivity index (χ1v) is 7.87. The second kappa shape index (κ2) is 7.58. The van der Waals surface area contributed by atoms with Crippen LogP contribution in [0, 0.1) is 18.2 Å². The normalized spacial score (nSPS) is 17.0. The molecule has 1 aliphatic heterocycles. The first-order chi connectivity index (χ1) is 10.5. The van der Waals surface area contributed by atoms with Crippen molar-refractivity contribution < 1.29 is 9.13 Å². The van der Waals surface area contributed by atoms with Crippen molar-refractivity contribution in [1.29, 1.82) is 0 Å². The molecule has 0 atom stereocenters. The molecular formula is C17H26FN3O. The number of aliphatic imine (C=N–C) groups is 1. The van der Waals surface area contributed by atoms with Gasteiger partial charge in [0.1, 0.15) is 5.82 Å². The van der Waals surface area contributed by atoms with Crippen LogP contribution in [0.1, 0.15) is 25.0 Å². The number of hydrogen-bond donors (Lipinski definition) is 2. The zero-order valence-corrected chi connectivity index (χ0v) is 13.7. The van der Waals surface area contributed by atoms with Gasteiger partial charge < -0.3 is 15.4 Å². The van der Waals surface area contributed by atoms with Gasteiger partial charge in [-0.25, -0.2) is 4.39 Å². The molecule has 1 fully saturated rings. The van der Waals surface area contributed by atoms with E-state index in [0.29, 0.717) is 0 Å². The van der Waals surface area contributed by atoms with Gasteiger partial charge in [0, 0.05) is 18.5 Å². The van der Waals surface area contributed by atoms with Gasteiger partial charge in [-0.3, -0.25) is 4.99 Å². The highest BCUT2D eigenvalue weighted by Crippen LogP contribution is 2.26. The second-order valence-corrected chi connectivity index (χ2v) is 6.25. The van der Waals surface area contributed by atoms with E-state index in [2.05, 4.69) is 29.5 Å². The second-order valence-electron chi connectivity index (χ2n) is 6.25. The smallest absolute Gasteiger partial charge is 0.191 e. The molecule has 1 saturated heterocycles. The molecule has 2 N–H and O–H groups in total. The number of benzene rings is 1. The van der Waals surface area contributed by atoms with E-state index >= 15 is 0 Å². The average molecular weight is 307 g/mol. The highest BCUT2D eigenvalue weighted by molar-refractivity contribution is 5.79. The van der Waals surface area contributed by atoms with Crippen LogP contribution >= 0.6 is 0 Å². The van der Waals surface area contributed by atoms with Gasteiger partial charge in [0.25, 0.3) is 0 Å². The monoisotopic (exact) mass is 307 g/mol. The molecule has 0 unspecified atom stereocenters. The van der Waals surface area contributed by atoms with Crippen molar-refractivity contribution in [2.24, 2.45) is 10.4 Å². The number of halogens is 1. The van der Waals surface area contributed by atoms with Gasteiger partial charge in [-0.2, -0.15) is 0 Å². The molecule has 0 amide bonds. The van der Waals surface area contributed by atoms with Gasteiger partial charge in [-0.05, 0) is 43.5 Å². The molecule has 2 rings (SSSR count). The van der Waals surface area contributed by atoms with Crippen LogP contribution in [0.2, 0.25) is 0 Å². The number of aryl methyl sites for hydroxylation is 1. The maximum atomic E-state index is 13.1. The van der Waals surface area contributed by atoms with Crippen molar-refractivity contribution in [1.82, 2.24) is 10.6 Å². The zero-order chi connectivity index (χ0) is 16.0. The SMILES string of the molecule is CCNC(=NCC1(C)COC1)NCCc1ccc(F)cc1C. The third-order valence-corrected chi connectivity index (χ3v) is 3.86. The summed E-state index contributed by atoms with van der Waals surface area (Å²) in [6.07, 6.45) is 0.844. The highest BCUT2D eigenvalue weighted by Gasteiger charge is 2.33. The van der Waals surface area contributed by atoms with Crippen molar-refractivity contribution in [2.75, 3.05) is 32.8 Å². The molecule has 4 nitrogen and oxygen atoms in total. The van der Waals surface area contributed by atoms with Gasteiger partial charge in [-0.1, -0.05) is 13.0 Å². The predicted octanol–water partition coefficient (Wildman–Crippen LogP) is 2.27. The van der Waals surface area contributed by atoms with Gasteiger partial charge in [-0.15, -0.1) is 0 Å². The summed E-state index contributed by atoms with van der Waals surface area (Å²) in [6, 6.07) is 4.94. The Balaban J connectivity index is 1.84. The lowest BCUT2D eigenvalue weighted by molar-refractivity contribution is -0.0945. The fourth-order valence-corrected chi connectivity index (χ4v) is 2.41. The van der Waals surface area contributed by atoms with Gasteiger partial charge in [0.05, 0.1) is 19.8 Å². The predicted molar refractivity (Wildman–Crippen MR) is 87.7 cm³/mol. The average Bonchev–Trinajstić information content (AvgIpc) is 2.45. The summed E-state index contributed by atoms with van der Waals surface area (Å²) in [5, 5.41) is 6.59. The van der Waals surface area contributed by atoms with Crippen LogP contribution in [0.4, 0.5) is 4.39 Å². The molecule has 122 valence electrons. The Morgan fingerprint density at radius 1 is 1.36 bits per heavy atom. The van der Waals surface area contributed by atoms with Crippen molar-refractivity contribution in [3.8, 4) is 0 Å². The van der Waals surface area contributed by atoms with Gasteiger partial charge >= 0.3 is 0 Å². The van der Waals surface area contributed by atoms with E-state index < -0.39 is 0 Å². The fourth-order valence-electron chi connectivity index (χ4n) is 2.41. The number of nitrogens with zero attached hydrogens (tertiary/aromatic N) is 1. The maximum absolute atomic E-state index is 13.1. The minimum absolute atomic E-state index is 0.176. The Labute approximate surface area is 132 Å². The molecule has 0 spiro atoms. The van der Waals surface area contributed by atoms with Crippen LogP contribution in [-0.4, -0.2) is 38.8 Å². The Bertz CT molecular complexity index is 527. The van der Waals surface area contributed by atoms with Gasteiger partial charge in [0.15, 0.2) is 5.96 Å². The third kappa shape index (κ3) is 4.70. The summed E-state index contributed by atoms with van der Waals surface area (Å²) in [7, 11) is 0. The molecule has 1 heterocycles. The maximum Gasteiger partial charge on any atom is 0.191 e. The summed E-state index contributed by atoms with van der Waals surface area (Å²) in [4.78, 5) is 4.63. The Kier molecular flexibility index (Phi) is 5.77. The van der Waals surface area contributed by atoms with E-state index in [0.717, 1.165) is 56.4 Å². The van der Waals surface area contributed by atoms with E-state index in [4.69, 9.17) is 4.74 Å². The standard InChI is InChI=1S/C17H26FN3O/c1-4-19-16(21-10-17(3)11-22-12-17)20-8-7-14-5-6-15(18)9-13(14)2/h5-6,9H,4,7-8,10-12H2,1-3H3,(H2,19,20,21). The Morgan fingerprint density at radius 2 is 2.14 bits per heavy atom. The van der Waals surface area contributed by atoms with Crippen molar-refractivity contribution in [3.05, 3.63) is 35.1 Å². The van der Waals surface area contributed by atoms with E-state index in [-0.39, 0.29) is 11.2 Å². The molecule has 1 aromatic rings. The third-order valence-electron chi connectivity index (χ3n) is 3.86. The first-order valence-electron chi connectivity index (χ1n) is 7.87. The van der Waals surface area contributed by atoms with Crippen LogP contribution in [0.15, 0.2) is 23.2 Å². The zero-order valence-electron chi connectivity index (χ0n) is 13.7. The Morgan fingerprint density at radius 3 is 2.73 bits per heavy atom. The lowest BCUT2D eigenvalue weighted by atomic mass is 9.89. The quantitative estimate of drug-likeness (QED) is 0.626. The van der Waals surface area contributed by atoms with Crippen molar-refractivity contribution in [3.63, 3.8) is 0 Å². The number of guanidine groups is 1. The summed E-state index contributed by atoms with van der Waals surface area (Å²) >= 11 is 0. The Hall–Kier alpha value is -1.62. The summed E-state index contributed by atoms with van der Waals surface area (Å²) < 4.78 is 18.3. The highest BCUT2D eigenvalue weighted by atomic mass is 19.1. The minimum Gasteiger partial charge on any atom is -0.380 e. The molecule has 0 aromatic heterocycles. The minimum atomic E-state index is -0.180. The van der Waals surface area contributed by atoms with Crippen LogP contribution in [0.5, 0.6) is 0 Å². The number of rotatable bonds is 6. The molecule has 0 aliphatic carbocycles. The van der Waals surface area contributed by atoms with Crippen LogP contribution in [0.3, 0.4) is 0 Å². The lowest BCUT2D eigenvalue weighted by Gasteiger charge is -2.36. The molecule has 0 bridgehead atoms. The summed E-state index contributed by atoms with van der Waals surface area (Å²) in [5.74, 6) is 0.649. The van der Waals surface area contributed by atoms with Crippen LogP contribution < -0.4 is 10.6 Å². The van der Waals surface area contributed by atoms with E-state index in [1.807, 2.05) is 13.0 Å². The molecule has 0 saturated carbocycles. The molecular weight excluding hydrogens is 281 g/mol. The van der Waals surface area contributed by atoms with Crippen molar-refractivity contribution in [2.45, 2.75) is 27.2 Å². The van der Waals surface area contributed by atoms with E-state index in [1.54, 1.807) is 6.07 Å². The molecule has 0 radical (unpaired) electrons. The molecule has 1 aliphatic rings. The lowest BCUT2D eigenvalue weighted by Crippen LogP contribution is -2.44. The van der Waals surface area contributed by atoms with Crippen LogP contribution in [0.25, 0.3) is 0 Å². The summed E-state index contributed by atoms with van der Waals surface area (Å²) in [5.41, 5.74) is 2.32. The largest absolute Gasteiger partial charge is 0.380 e. The first kappa shape index (κ1) is 16.7. The molecule has 22 heavy (non-hydrogen) atoms. The van der Waals surface area contributed by atoms with E-state index in [9.17, 15) is 4.39 Å². The number of hydrogen-bond acceptors (Lipinski definition) is 2. The van der Waals surface area contributed by atoms with Gasteiger partial charge in [0.2, 0.25) is 0 Å². The van der Waals surface area contributed by atoms with Crippen molar-refractivity contribution >= 4 is 5.96 Å². The summed E-state index contributed by atoms with van der Waals surface area (Å²) in [6.45, 7) is 10.1. The van der Waals surface area contributed by atoms with Crippen LogP contribution in [-0.2, 0) is 11.2 Å². The molecule has 5 heteroatoms. The number of ether oxygens (including phenoxy) is 1. The topological polar surface area (TPSA) is 45.7 Å².